The first kappa shape index (κ1) is 20.7. The van der Waals surface area contributed by atoms with Crippen LogP contribution in [-0.4, -0.2) is 22.9 Å². The van der Waals surface area contributed by atoms with Gasteiger partial charge < -0.3 is 4.90 Å². The topological polar surface area (TPSA) is 41.0 Å². The summed E-state index contributed by atoms with van der Waals surface area (Å²) in [5.74, 6) is 0. The molecule has 0 fully saturated rings. The first-order chi connectivity index (χ1) is 14.1. The molecule has 0 atom stereocenters. The van der Waals surface area contributed by atoms with Crippen molar-refractivity contribution < 1.29 is 0 Å². The number of hydrogen-bond acceptors (Lipinski definition) is 2. The van der Waals surface area contributed by atoms with Crippen molar-refractivity contribution >= 4 is 18.3 Å². The molecular formula is C25H31N3O. The summed E-state index contributed by atoms with van der Waals surface area (Å²) in [7, 11) is 0. The van der Waals surface area contributed by atoms with Gasteiger partial charge in [-0.3, -0.25) is 9.89 Å². The first-order valence-electron chi connectivity index (χ1n) is 10.6. The van der Waals surface area contributed by atoms with E-state index in [0.29, 0.717) is 10.6 Å². The fourth-order valence-corrected chi connectivity index (χ4v) is 3.42. The molecule has 4 nitrogen and oxygen atoms in total. The van der Waals surface area contributed by atoms with Crippen LogP contribution in [0.2, 0.25) is 0 Å². The largest absolute Gasteiger partial charge is 0.372 e. The van der Waals surface area contributed by atoms with E-state index in [-0.39, 0.29) is 5.56 Å². The average Bonchev–Trinajstić information content (AvgIpc) is 3.03. The number of anilines is 1. The molecule has 3 rings (SSSR count). The number of rotatable bonds is 9. The van der Waals surface area contributed by atoms with Gasteiger partial charge in [-0.2, -0.15) is 0 Å². The first-order valence-corrected chi connectivity index (χ1v) is 10.6. The third-order valence-corrected chi connectivity index (χ3v) is 5.15. The standard InChI is InChI=1S/C25H31N3O/c1-4-6-17-27(18-7-5-2)22-15-13-21(14-16-22)19-24-20(3)26-28(25(24)29)23-11-9-8-10-12-23/h8-16,19,26H,3-7,17-18H2,1-2H3. The second-order valence-corrected chi connectivity index (χ2v) is 7.41. The van der Waals surface area contributed by atoms with Crippen LogP contribution in [0.4, 0.5) is 5.69 Å². The van der Waals surface area contributed by atoms with Crippen LogP contribution in [0.1, 0.15) is 45.1 Å². The normalized spacial score (nSPS) is 11.7. The zero-order valence-electron chi connectivity index (χ0n) is 17.5. The molecule has 0 radical (unpaired) electrons. The zero-order chi connectivity index (χ0) is 20.6. The lowest BCUT2D eigenvalue weighted by Crippen LogP contribution is -2.33. The number of benzene rings is 2. The quantitative estimate of drug-likeness (QED) is 0.605. The summed E-state index contributed by atoms with van der Waals surface area (Å²) in [6, 6.07) is 18.0. The van der Waals surface area contributed by atoms with Crippen molar-refractivity contribution in [2.45, 2.75) is 39.5 Å². The van der Waals surface area contributed by atoms with E-state index >= 15 is 0 Å². The smallest absolute Gasteiger partial charge is 0.279 e. The highest BCUT2D eigenvalue weighted by molar-refractivity contribution is 5.56. The second-order valence-electron chi connectivity index (χ2n) is 7.41. The predicted molar refractivity (Wildman–Crippen MR) is 123 cm³/mol. The van der Waals surface area contributed by atoms with Crippen LogP contribution in [0.15, 0.2) is 59.4 Å². The van der Waals surface area contributed by atoms with Gasteiger partial charge in [-0.1, -0.05) is 63.6 Å². The van der Waals surface area contributed by atoms with E-state index in [4.69, 9.17) is 0 Å². The van der Waals surface area contributed by atoms with Gasteiger partial charge in [-0.05, 0) is 48.7 Å². The third-order valence-electron chi connectivity index (χ3n) is 5.15. The van der Waals surface area contributed by atoms with Crippen molar-refractivity contribution in [1.82, 2.24) is 9.78 Å². The average molecular weight is 390 g/mol. The molecule has 1 aromatic heterocycles. The minimum atomic E-state index is -0.0854. The van der Waals surface area contributed by atoms with Crippen molar-refractivity contribution in [2.24, 2.45) is 0 Å². The van der Waals surface area contributed by atoms with Crippen molar-refractivity contribution in [3.05, 3.63) is 81.1 Å². The van der Waals surface area contributed by atoms with Gasteiger partial charge in [-0.15, -0.1) is 0 Å². The van der Waals surface area contributed by atoms with Crippen LogP contribution in [-0.2, 0) is 0 Å². The monoisotopic (exact) mass is 389 g/mol. The third kappa shape index (κ3) is 5.08. The van der Waals surface area contributed by atoms with Crippen LogP contribution in [0, 0.1) is 0 Å². The maximum atomic E-state index is 12.9. The summed E-state index contributed by atoms with van der Waals surface area (Å²) in [6.07, 6.45) is 6.70. The molecule has 2 aromatic carbocycles. The molecule has 1 N–H and O–H groups in total. The molecule has 0 aliphatic heterocycles. The Morgan fingerprint density at radius 3 is 2.17 bits per heavy atom. The summed E-state index contributed by atoms with van der Waals surface area (Å²) in [6.45, 7) is 10.6. The highest BCUT2D eigenvalue weighted by atomic mass is 16.1. The summed E-state index contributed by atoms with van der Waals surface area (Å²) in [4.78, 5) is 15.3. The van der Waals surface area contributed by atoms with Gasteiger partial charge in [-0.25, -0.2) is 4.68 Å². The molecule has 3 aromatic rings. The molecule has 0 unspecified atom stereocenters. The number of H-pyrrole nitrogens is 1. The minimum Gasteiger partial charge on any atom is -0.372 e. The Bertz CT molecular complexity index is 1050. The fourth-order valence-electron chi connectivity index (χ4n) is 3.42. The van der Waals surface area contributed by atoms with Crippen LogP contribution in [0.5, 0.6) is 0 Å². The molecule has 0 aliphatic rings. The van der Waals surface area contributed by atoms with Gasteiger partial charge >= 0.3 is 0 Å². The van der Waals surface area contributed by atoms with E-state index in [9.17, 15) is 4.79 Å². The van der Waals surface area contributed by atoms with Gasteiger partial charge in [0, 0.05) is 18.8 Å². The Morgan fingerprint density at radius 2 is 1.59 bits per heavy atom. The molecule has 1 heterocycles. The van der Waals surface area contributed by atoms with Gasteiger partial charge in [0.15, 0.2) is 0 Å². The molecule has 0 bridgehead atoms. The van der Waals surface area contributed by atoms with Gasteiger partial charge in [0.25, 0.3) is 5.56 Å². The highest BCUT2D eigenvalue weighted by Crippen LogP contribution is 2.17. The molecule has 29 heavy (non-hydrogen) atoms. The molecule has 0 saturated carbocycles. The lowest BCUT2D eigenvalue weighted by molar-refractivity contribution is 0.678. The van der Waals surface area contributed by atoms with Gasteiger partial charge in [0.1, 0.15) is 0 Å². The maximum absolute atomic E-state index is 12.9. The lowest BCUT2D eigenvalue weighted by Gasteiger charge is -2.24. The van der Waals surface area contributed by atoms with E-state index in [1.54, 1.807) is 4.68 Å². The zero-order valence-corrected chi connectivity index (χ0v) is 17.5. The van der Waals surface area contributed by atoms with E-state index < -0.39 is 0 Å². The number of aromatic amines is 1. The molecule has 0 aliphatic carbocycles. The number of nitrogens with one attached hydrogen (secondary N) is 1. The Kier molecular flexibility index (Phi) is 7.12. The van der Waals surface area contributed by atoms with Gasteiger partial charge in [0.05, 0.1) is 16.3 Å². The second kappa shape index (κ2) is 9.97. The van der Waals surface area contributed by atoms with E-state index in [2.05, 4.69) is 54.7 Å². The van der Waals surface area contributed by atoms with Crippen LogP contribution < -0.4 is 21.0 Å². The molecular weight excluding hydrogens is 358 g/mol. The Hall–Kier alpha value is -3.01. The number of para-hydroxylation sites is 1. The summed E-state index contributed by atoms with van der Waals surface area (Å²) >= 11 is 0. The van der Waals surface area contributed by atoms with Crippen LogP contribution >= 0.6 is 0 Å². The highest BCUT2D eigenvalue weighted by Gasteiger charge is 2.07. The number of unbranched alkanes of at least 4 members (excludes halogenated alkanes) is 2. The number of nitrogens with zero attached hydrogens (tertiary/aromatic N) is 2. The van der Waals surface area contributed by atoms with Crippen molar-refractivity contribution in [2.75, 3.05) is 18.0 Å². The van der Waals surface area contributed by atoms with Gasteiger partial charge in [0.2, 0.25) is 0 Å². The van der Waals surface area contributed by atoms with Crippen molar-refractivity contribution in [1.29, 1.82) is 0 Å². The summed E-state index contributed by atoms with van der Waals surface area (Å²) in [5.41, 5.74) is 2.97. The predicted octanol–water partition coefficient (Wildman–Crippen LogP) is 3.81. The van der Waals surface area contributed by atoms with Crippen molar-refractivity contribution in [3.63, 3.8) is 0 Å². The molecule has 0 spiro atoms. The molecule has 0 saturated heterocycles. The minimum absolute atomic E-state index is 0.0854. The SMILES string of the molecule is C=c1[nH]n(-c2ccccc2)c(=O)c1=Cc1ccc(N(CCCC)CCCC)cc1. The molecule has 0 amide bonds. The van der Waals surface area contributed by atoms with E-state index in [0.717, 1.165) is 24.3 Å². The van der Waals surface area contributed by atoms with Crippen LogP contribution in [0.3, 0.4) is 0 Å². The Morgan fingerprint density at radius 1 is 0.966 bits per heavy atom. The molecule has 152 valence electrons. The van der Waals surface area contributed by atoms with E-state index in [1.807, 2.05) is 36.4 Å². The fraction of sp³-hybridized carbons (Fsp3) is 0.320. The molecule has 4 heteroatoms. The Labute approximate surface area is 172 Å². The van der Waals surface area contributed by atoms with Crippen molar-refractivity contribution in [3.8, 4) is 5.69 Å². The maximum Gasteiger partial charge on any atom is 0.279 e. The Balaban J connectivity index is 1.89. The van der Waals surface area contributed by atoms with Crippen LogP contribution in [0.25, 0.3) is 18.3 Å². The number of aromatic nitrogens is 2. The summed E-state index contributed by atoms with van der Waals surface area (Å²) < 4.78 is 1.54. The lowest BCUT2D eigenvalue weighted by atomic mass is 10.1. The number of hydrogen-bond donors (Lipinski definition) is 1. The van der Waals surface area contributed by atoms with E-state index in [1.165, 1.54) is 31.4 Å². The summed E-state index contributed by atoms with van der Waals surface area (Å²) in [5, 5.41) is 4.29.